The predicted octanol–water partition coefficient (Wildman–Crippen LogP) is 21.8. The standard InChI is InChI=1S/C75H146O17P2/c1-8-11-12-13-14-15-16-23-26-35-42-49-56-72(77)85-62-71(92-75(80)59-52-45-38-31-29-34-41-48-55-68(7)10-3)65-90-94(83,84)88-61-69(76)60-87-93(81,82)89-64-70(63-86-73(78)57-50-43-36-30-28-33-40-47-54-67(6)9-2)91-74(79)58-51-44-37-27-24-21-19-17-18-20-22-25-32-39-46-53-66(4)5/h66-71,76H,8-65H2,1-7H3,(H,81,82)(H,83,84)/t67?,68?,69-,70-,71-/m1/s1. The summed E-state index contributed by atoms with van der Waals surface area (Å²) in [5, 5.41) is 10.6. The van der Waals surface area contributed by atoms with E-state index in [1.165, 1.54) is 193 Å². The van der Waals surface area contributed by atoms with Gasteiger partial charge < -0.3 is 33.8 Å². The zero-order valence-electron chi connectivity index (χ0n) is 61.4. The van der Waals surface area contributed by atoms with Crippen molar-refractivity contribution >= 4 is 39.5 Å². The van der Waals surface area contributed by atoms with Gasteiger partial charge in [0, 0.05) is 25.7 Å². The Balaban J connectivity index is 5.25. The van der Waals surface area contributed by atoms with Crippen LogP contribution in [-0.2, 0) is 65.4 Å². The number of hydrogen-bond donors (Lipinski definition) is 3. The van der Waals surface area contributed by atoms with E-state index in [1.54, 1.807) is 0 Å². The minimum atomic E-state index is -4.96. The third kappa shape index (κ3) is 66.0. The van der Waals surface area contributed by atoms with Crippen molar-refractivity contribution in [3.63, 3.8) is 0 Å². The molecule has 4 unspecified atom stereocenters. The van der Waals surface area contributed by atoms with Crippen LogP contribution in [0.15, 0.2) is 0 Å². The molecule has 94 heavy (non-hydrogen) atoms. The zero-order chi connectivity index (χ0) is 69.4. The second-order valence-corrected chi connectivity index (χ2v) is 30.9. The molecule has 3 N–H and O–H groups in total. The number of aliphatic hydroxyl groups excluding tert-OH is 1. The molecule has 0 amide bonds. The van der Waals surface area contributed by atoms with Crippen molar-refractivity contribution in [3.05, 3.63) is 0 Å². The van der Waals surface area contributed by atoms with Crippen molar-refractivity contribution in [2.24, 2.45) is 17.8 Å². The molecular formula is C75H146O17P2. The molecule has 0 saturated heterocycles. The van der Waals surface area contributed by atoms with E-state index in [9.17, 15) is 43.2 Å². The Hall–Kier alpha value is -1.94. The van der Waals surface area contributed by atoms with Crippen LogP contribution in [0.1, 0.15) is 382 Å². The average molecular weight is 1380 g/mol. The van der Waals surface area contributed by atoms with Crippen molar-refractivity contribution in [3.8, 4) is 0 Å². The molecule has 0 radical (unpaired) electrons. The maximum Gasteiger partial charge on any atom is 0.472 e. The van der Waals surface area contributed by atoms with E-state index in [2.05, 4.69) is 48.5 Å². The van der Waals surface area contributed by atoms with Gasteiger partial charge in [0.05, 0.1) is 26.4 Å². The second kappa shape index (κ2) is 65.7. The lowest BCUT2D eigenvalue weighted by Gasteiger charge is -2.21. The molecule has 558 valence electrons. The number of rotatable bonds is 73. The number of esters is 4. The number of aliphatic hydroxyl groups is 1. The molecule has 0 aliphatic rings. The van der Waals surface area contributed by atoms with E-state index in [-0.39, 0.29) is 25.7 Å². The molecule has 0 aromatic heterocycles. The van der Waals surface area contributed by atoms with Crippen molar-refractivity contribution in [1.29, 1.82) is 0 Å². The molecule has 0 fully saturated rings. The van der Waals surface area contributed by atoms with Crippen molar-refractivity contribution in [2.45, 2.75) is 401 Å². The van der Waals surface area contributed by atoms with Crippen LogP contribution in [0.2, 0.25) is 0 Å². The van der Waals surface area contributed by atoms with Gasteiger partial charge in [-0.3, -0.25) is 37.3 Å². The van der Waals surface area contributed by atoms with Gasteiger partial charge in [0.1, 0.15) is 19.3 Å². The number of phosphoric acid groups is 2. The molecule has 0 heterocycles. The summed E-state index contributed by atoms with van der Waals surface area (Å²) >= 11 is 0. The summed E-state index contributed by atoms with van der Waals surface area (Å²) in [6.45, 7) is 11.9. The van der Waals surface area contributed by atoms with Crippen molar-refractivity contribution in [1.82, 2.24) is 0 Å². The van der Waals surface area contributed by atoms with Crippen LogP contribution in [0.25, 0.3) is 0 Å². The van der Waals surface area contributed by atoms with E-state index in [4.69, 9.17) is 37.0 Å². The highest BCUT2D eigenvalue weighted by atomic mass is 31.2. The molecular weight excluding hydrogens is 1230 g/mol. The molecule has 7 atom stereocenters. The fourth-order valence-electron chi connectivity index (χ4n) is 11.4. The predicted molar refractivity (Wildman–Crippen MR) is 381 cm³/mol. The lowest BCUT2D eigenvalue weighted by Crippen LogP contribution is -2.30. The smallest absolute Gasteiger partial charge is 0.462 e. The molecule has 19 heteroatoms. The van der Waals surface area contributed by atoms with Gasteiger partial charge in [0.25, 0.3) is 0 Å². The van der Waals surface area contributed by atoms with Crippen LogP contribution in [0.4, 0.5) is 0 Å². The molecule has 17 nitrogen and oxygen atoms in total. The average Bonchev–Trinajstić information content (AvgIpc) is 1.95. The fraction of sp³-hybridized carbons (Fsp3) is 0.947. The first-order chi connectivity index (χ1) is 45.3. The Morgan fingerprint density at radius 1 is 0.309 bits per heavy atom. The first kappa shape index (κ1) is 92.1. The van der Waals surface area contributed by atoms with Gasteiger partial charge in [-0.15, -0.1) is 0 Å². The Bertz CT molecular complexity index is 1840. The monoisotopic (exact) mass is 1380 g/mol. The number of hydrogen-bond acceptors (Lipinski definition) is 15. The minimum absolute atomic E-state index is 0.105. The van der Waals surface area contributed by atoms with Crippen LogP contribution in [0, 0.1) is 17.8 Å². The van der Waals surface area contributed by atoms with E-state index < -0.39 is 97.5 Å². The topological polar surface area (TPSA) is 237 Å². The van der Waals surface area contributed by atoms with Crippen LogP contribution < -0.4 is 0 Å². The van der Waals surface area contributed by atoms with E-state index >= 15 is 0 Å². The maximum absolute atomic E-state index is 13.1. The highest BCUT2D eigenvalue weighted by Gasteiger charge is 2.30. The van der Waals surface area contributed by atoms with Crippen LogP contribution >= 0.6 is 15.6 Å². The highest BCUT2D eigenvalue weighted by Crippen LogP contribution is 2.45. The Kier molecular flexibility index (Phi) is 64.3. The number of carbonyl (C=O) groups excluding carboxylic acids is 4. The zero-order valence-corrected chi connectivity index (χ0v) is 63.2. The van der Waals surface area contributed by atoms with Crippen LogP contribution in [-0.4, -0.2) is 96.7 Å². The van der Waals surface area contributed by atoms with E-state index in [1.807, 2.05) is 0 Å². The lowest BCUT2D eigenvalue weighted by atomic mass is 9.99. The summed E-state index contributed by atoms with van der Waals surface area (Å²) in [6.07, 6.45) is 51.1. The summed E-state index contributed by atoms with van der Waals surface area (Å²) < 4.78 is 68.5. The fourth-order valence-corrected chi connectivity index (χ4v) is 12.9. The second-order valence-electron chi connectivity index (χ2n) is 28.0. The van der Waals surface area contributed by atoms with Gasteiger partial charge in [0.15, 0.2) is 12.2 Å². The van der Waals surface area contributed by atoms with Gasteiger partial charge in [-0.25, -0.2) is 9.13 Å². The number of ether oxygens (including phenoxy) is 4. The number of carbonyl (C=O) groups is 4. The summed E-state index contributed by atoms with van der Waals surface area (Å²) in [7, 11) is -9.91. The van der Waals surface area contributed by atoms with Crippen molar-refractivity contribution in [2.75, 3.05) is 39.6 Å². The summed E-state index contributed by atoms with van der Waals surface area (Å²) in [5.74, 6) is 0.230. The van der Waals surface area contributed by atoms with Crippen molar-refractivity contribution < 1.29 is 80.2 Å². The largest absolute Gasteiger partial charge is 0.472 e. The highest BCUT2D eigenvalue weighted by molar-refractivity contribution is 7.47. The Morgan fingerprint density at radius 2 is 0.543 bits per heavy atom. The van der Waals surface area contributed by atoms with Gasteiger partial charge in [-0.2, -0.15) is 0 Å². The normalized spacial score (nSPS) is 14.7. The summed E-state index contributed by atoms with van der Waals surface area (Å²) in [4.78, 5) is 72.8. The molecule has 0 aliphatic carbocycles. The van der Waals surface area contributed by atoms with Crippen LogP contribution in [0.5, 0.6) is 0 Å². The molecule has 0 aromatic rings. The Morgan fingerprint density at radius 3 is 0.809 bits per heavy atom. The molecule has 0 aliphatic heterocycles. The third-order valence-electron chi connectivity index (χ3n) is 18.1. The number of phosphoric ester groups is 2. The minimum Gasteiger partial charge on any atom is -0.462 e. The molecule has 0 bridgehead atoms. The van der Waals surface area contributed by atoms with Gasteiger partial charge >= 0.3 is 39.5 Å². The maximum atomic E-state index is 13.1. The van der Waals surface area contributed by atoms with Gasteiger partial charge in [0.2, 0.25) is 0 Å². The molecule has 0 rings (SSSR count). The van der Waals surface area contributed by atoms with E-state index in [0.717, 1.165) is 108 Å². The summed E-state index contributed by atoms with van der Waals surface area (Å²) in [5.41, 5.74) is 0. The summed E-state index contributed by atoms with van der Waals surface area (Å²) in [6, 6.07) is 0. The SMILES string of the molecule is CCCCCCCCCCCCCCC(=O)OC[C@H](COP(=O)(O)OC[C@H](O)COP(=O)(O)OC[C@@H](COC(=O)CCCCCCCCCCC(C)CC)OC(=O)CCCCCCCCCCCCCCCCCC(C)C)OC(=O)CCCCCCCCCCC(C)CC. The van der Waals surface area contributed by atoms with Crippen LogP contribution in [0.3, 0.4) is 0 Å². The Labute approximate surface area is 575 Å². The van der Waals surface area contributed by atoms with Gasteiger partial charge in [-0.1, -0.05) is 331 Å². The molecule has 0 aromatic carbocycles. The first-order valence-corrected chi connectivity index (χ1v) is 41.9. The third-order valence-corrected chi connectivity index (χ3v) is 20.0. The molecule has 0 saturated carbocycles. The molecule has 0 spiro atoms. The number of unbranched alkanes of at least 4 members (excludes halogenated alkanes) is 39. The van der Waals surface area contributed by atoms with Gasteiger partial charge in [-0.05, 0) is 43.4 Å². The first-order valence-electron chi connectivity index (χ1n) is 38.9. The van der Waals surface area contributed by atoms with E-state index in [0.29, 0.717) is 25.7 Å². The quantitative estimate of drug-likeness (QED) is 0.0222. The lowest BCUT2D eigenvalue weighted by molar-refractivity contribution is -0.161.